The van der Waals surface area contributed by atoms with Gasteiger partial charge in [0.2, 0.25) is 5.91 Å². The minimum absolute atomic E-state index is 0.0697. The number of aromatic nitrogens is 3. The first-order valence-corrected chi connectivity index (χ1v) is 12.3. The molecule has 1 heterocycles. The van der Waals surface area contributed by atoms with Crippen LogP contribution in [0.15, 0.2) is 78.0 Å². The van der Waals surface area contributed by atoms with Crippen LogP contribution in [0.1, 0.15) is 18.1 Å². The highest BCUT2D eigenvalue weighted by Gasteiger charge is 2.18. The quantitative estimate of drug-likeness (QED) is 0.315. The number of methoxy groups -OCH3 is 1. The van der Waals surface area contributed by atoms with Crippen LogP contribution in [0.2, 0.25) is 0 Å². The molecular formula is C27H28N4O3S. The fraction of sp³-hybridized carbons (Fsp3) is 0.222. The Morgan fingerprint density at radius 1 is 1.00 bits per heavy atom. The van der Waals surface area contributed by atoms with Crippen LogP contribution in [-0.4, -0.2) is 40.1 Å². The maximum absolute atomic E-state index is 12.6. The number of hydrogen-bond acceptors (Lipinski definition) is 6. The monoisotopic (exact) mass is 488 g/mol. The third kappa shape index (κ3) is 6.22. The second-order valence-electron chi connectivity index (χ2n) is 7.85. The third-order valence-corrected chi connectivity index (χ3v) is 6.24. The van der Waals surface area contributed by atoms with Crippen molar-refractivity contribution in [2.45, 2.75) is 25.5 Å². The molecule has 3 aromatic carbocycles. The Labute approximate surface area is 209 Å². The molecular weight excluding hydrogens is 460 g/mol. The Morgan fingerprint density at radius 3 is 2.49 bits per heavy atom. The van der Waals surface area contributed by atoms with Crippen molar-refractivity contribution in [3.05, 3.63) is 83.9 Å². The minimum atomic E-state index is -0.0697. The van der Waals surface area contributed by atoms with Gasteiger partial charge in [0, 0.05) is 17.8 Å². The molecule has 35 heavy (non-hydrogen) atoms. The number of rotatable bonds is 10. The fourth-order valence-corrected chi connectivity index (χ4v) is 4.27. The van der Waals surface area contributed by atoms with Crippen LogP contribution < -0.4 is 14.8 Å². The van der Waals surface area contributed by atoms with Gasteiger partial charge in [-0.25, -0.2) is 0 Å². The average Bonchev–Trinajstić information content (AvgIpc) is 3.32. The van der Waals surface area contributed by atoms with E-state index in [4.69, 9.17) is 9.47 Å². The molecule has 180 valence electrons. The number of thioether (sulfide) groups is 1. The predicted octanol–water partition coefficient (Wildman–Crippen LogP) is 5.06. The van der Waals surface area contributed by atoms with E-state index in [1.54, 1.807) is 7.11 Å². The van der Waals surface area contributed by atoms with Gasteiger partial charge in [-0.3, -0.25) is 9.36 Å². The van der Waals surface area contributed by atoms with Crippen molar-refractivity contribution in [1.82, 2.24) is 20.1 Å². The molecule has 4 aromatic rings. The second-order valence-corrected chi connectivity index (χ2v) is 8.79. The minimum Gasteiger partial charge on any atom is -0.497 e. The van der Waals surface area contributed by atoms with Crippen molar-refractivity contribution in [3.63, 3.8) is 0 Å². The van der Waals surface area contributed by atoms with Crippen molar-refractivity contribution in [2.75, 3.05) is 19.5 Å². The number of carbonyl (C=O) groups is 1. The lowest BCUT2D eigenvalue weighted by atomic mass is 10.1. The molecule has 0 saturated carbocycles. The predicted molar refractivity (Wildman–Crippen MR) is 138 cm³/mol. The first-order chi connectivity index (χ1) is 17.1. The van der Waals surface area contributed by atoms with E-state index < -0.39 is 0 Å². The van der Waals surface area contributed by atoms with Crippen molar-refractivity contribution in [1.29, 1.82) is 0 Å². The van der Waals surface area contributed by atoms with Gasteiger partial charge in [-0.1, -0.05) is 53.7 Å². The number of aryl methyl sites for hydroxylation is 1. The second kappa shape index (κ2) is 11.6. The van der Waals surface area contributed by atoms with Crippen molar-refractivity contribution in [2.24, 2.45) is 0 Å². The van der Waals surface area contributed by atoms with Crippen molar-refractivity contribution in [3.8, 4) is 28.6 Å². The number of carbonyl (C=O) groups excluding carboxylic acids is 1. The Kier molecular flexibility index (Phi) is 8.05. The number of amides is 1. The smallest absolute Gasteiger partial charge is 0.230 e. The van der Waals surface area contributed by atoms with Gasteiger partial charge in [-0.15, -0.1) is 10.2 Å². The summed E-state index contributed by atoms with van der Waals surface area (Å²) < 4.78 is 12.9. The van der Waals surface area contributed by atoms with E-state index in [1.165, 1.54) is 17.3 Å². The standard InChI is InChI=1S/C27H28N4O3S/c1-4-34-23-14-12-22(13-15-23)31-26(21-6-5-7-24(16-21)33-3)29-30-27(31)35-18-25(32)28-17-20-10-8-19(2)9-11-20/h5-16H,4,17-18H2,1-3H3,(H,28,32). The molecule has 1 N–H and O–H groups in total. The molecule has 7 nitrogen and oxygen atoms in total. The lowest BCUT2D eigenvalue weighted by Gasteiger charge is -2.12. The molecule has 1 amide bonds. The summed E-state index contributed by atoms with van der Waals surface area (Å²) in [7, 11) is 1.63. The zero-order valence-corrected chi connectivity index (χ0v) is 20.8. The van der Waals surface area contributed by atoms with Gasteiger partial charge in [0.05, 0.1) is 19.5 Å². The Morgan fingerprint density at radius 2 is 1.77 bits per heavy atom. The molecule has 1 aromatic heterocycles. The van der Waals surface area contributed by atoms with Gasteiger partial charge >= 0.3 is 0 Å². The first-order valence-electron chi connectivity index (χ1n) is 11.4. The summed E-state index contributed by atoms with van der Waals surface area (Å²) >= 11 is 1.34. The van der Waals surface area contributed by atoms with Gasteiger partial charge in [-0.05, 0) is 55.8 Å². The fourth-order valence-electron chi connectivity index (χ4n) is 3.49. The number of nitrogens with one attached hydrogen (secondary N) is 1. The maximum atomic E-state index is 12.6. The number of hydrogen-bond donors (Lipinski definition) is 1. The van der Waals surface area contributed by atoms with Crippen LogP contribution in [-0.2, 0) is 11.3 Å². The zero-order valence-electron chi connectivity index (χ0n) is 20.0. The largest absolute Gasteiger partial charge is 0.497 e. The van der Waals surface area contributed by atoms with Gasteiger partial charge in [-0.2, -0.15) is 0 Å². The highest BCUT2D eigenvalue weighted by atomic mass is 32.2. The summed E-state index contributed by atoms with van der Waals surface area (Å²) in [6.07, 6.45) is 0. The molecule has 0 aliphatic rings. The van der Waals surface area contributed by atoms with E-state index in [0.717, 1.165) is 28.3 Å². The van der Waals surface area contributed by atoms with E-state index in [0.29, 0.717) is 24.1 Å². The summed E-state index contributed by atoms with van der Waals surface area (Å²) in [5.74, 6) is 2.33. The van der Waals surface area contributed by atoms with E-state index in [1.807, 2.05) is 91.2 Å². The van der Waals surface area contributed by atoms with E-state index in [9.17, 15) is 4.79 Å². The highest BCUT2D eigenvalue weighted by molar-refractivity contribution is 7.99. The topological polar surface area (TPSA) is 78.3 Å². The molecule has 0 fully saturated rings. The lowest BCUT2D eigenvalue weighted by molar-refractivity contribution is -0.118. The number of nitrogens with zero attached hydrogens (tertiary/aromatic N) is 3. The Hall–Kier alpha value is -3.78. The molecule has 4 rings (SSSR count). The molecule has 0 unspecified atom stereocenters. The Bertz CT molecular complexity index is 1270. The summed E-state index contributed by atoms with van der Waals surface area (Å²) in [5, 5.41) is 12.5. The maximum Gasteiger partial charge on any atom is 0.230 e. The van der Waals surface area contributed by atoms with Crippen LogP contribution in [0, 0.1) is 6.92 Å². The molecule has 0 spiro atoms. The van der Waals surface area contributed by atoms with Crippen LogP contribution in [0.4, 0.5) is 0 Å². The van der Waals surface area contributed by atoms with Gasteiger partial charge in [0.25, 0.3) is 0 Å². The molecule has 0 saturated heterocycles. The molecule has 0 aliphatic heterocycles. The van der Waals surface area contributed by atoms with Crippen LogP contribution >= 0.6 is 11.8 Å². The lowest BCUT2D eigenvalue weighted by Crippen LogP contribution is -2.24. The SMILES string of the molecule is CCOc1ccc(-n2c(SCC(=O)NCc3ccc(C)cc3)nnc2-c2cccc(OC)c2)cc1. The van der Waals surface area contributed by atoms with Crippen LogP contribution in [0.25, 0.3) is 17.1 Å². The van der Waals surface area contributed by atoms with E-state index >= 15 is 0 Å². The number of benzene rings is 3. The highest BCUT2D eigenvalue weighted by Crippen LogP contribution is 2.30. The Balaban J connectivity index is 1.55. The molecule has 8 heteroatoms. The molecule has 0 atom stereocenters. The van der Waals surface area contributed by atoms with Crippen molar-refractivity contribution >= 4 is 17.7 Å². The molecule has 0 bridgehead atoms. The van der Waals surface area contributed by atoms with Gasteiger partial charge in [0.15, 0.2) is 11.0 Å². The average molecular weight is 489 g/mol. The van der Waals surface area contributed by atoms with E-state index in [2.05, 4.69) is 15.5 Å². The number of ether oxygens (including phenoxy) is 2. The van der Waals surface area contributed by atoms with Gasteiger partial charge < -0.3 is 14.8 Å². The molecule has 0 aliphatic carbocycles. The zero-order chi connectivity index (χ0) is 24.6. The van der Waals surface area contributed by atoms with Crippen LogP contribution in [0.5, 0.6) is 11.5 Å². The summed E-state index contributed by atoms with van der Waals surface area (Å²) in [6, 6.07) is 23.5. The van der Waals surface area contributed by atoms with Crippen molar-refractivity contribution < 1.29 is 14.3 Å². The summed E-state index contributed by atoms with van der Waals surface area (Å²) in [5.41, 5.74) is 3.99. The molecule has 0 radical (unpaired) electrons. The van der Waals surface area contributed by atoms with Gasteiger partial charge in [0.1, 0.15) is 11.5 Å². The van der Waals surface area contributed by atoms with E-state index in [-0.39, 0.29) is 11.7 Å². The first kappa shape index (κ1) is 24.3. The summed E-state index contributed by atoms with van der Waals surface area (Å²) in [6.45, 7) is 5.08. The van der Waals surface area contributed by atoms with Crippen LogP contribution in [0.3, 0.4) is 0 Å². The normalized spacial score (nSPS) is 10.7. The summed E-state index contributed by atoms with van der Waals surface area (Å²) in [4.78, 5) is 12.6. The third-order valence-electron chi connectivity index (χ3n) is 5.31.